The molecule has 0 spiro atoms. The predicted molar refractivity (Wildman–Crippen MR) is 85.8 cm³/mol. The number of rotatable bonds is 4. The quantitative estimate of drug-likeness (QED) is 0.882. The number of fused-ring (bicyclic) bond motifs is 1. The van der Waals surface area contributed by atoms with Gasteiger partial charge in [-0.05, 0) is 41.8 Å². The number of amides is 2. The van der Waals surface area contributed by atoms with Gasteiger partial charge >= 0.3 is 6.03 Å². The van der Waals surface area contributed by atoms with E-state index >= 15 is 0 Å². The molecule has 1 N–H and O–H groups in total. The minimum atomic E-state index is -0.295. The van der Waals surface area contributed by atoms with Crippen molar-refractivity contribution in [2.45, 2.75) is 13.0 Å². The van der Waals surface area contributed by atoms with Crippen molar-refractivity contribution in [1.82, 2.24) is 10.2 Å². The molecule has 0 unspecified atom stereocenters. The molecule has 3 rings (SSSR count). The van der Waals surface area contributed by atoms with Gasteiger partial charge in [0.15, 0.2) is 0 Å². The van der Waals surface area contributed by atoms with E-state index in [1.807, 2.05) is 12.1 Å². The van der Waals surface area contributed by atoms with Gasteiger partial charge in [-0.3, -0.25) is 0 Å². The summed E-state index contributed by atoms with van der Waals surface area (Å²) >= 11 is 0. The van der Waals surface area contributed by atoms with E-state index in [4.69, 9.17) is 4.74 Å². The first-order chi connectivity index (χ1) is 11.2. The molecule has 23 heavy (non-hydrogen) atoms. The number of nitrogens with zero attached hydrogens (tertiary/aromatic N) is 1. The van der Waals surface area contributed by atoms with Crippen LogP contribution in [-0.2, 0) is 13.0 Å². The van der Waals surface area contributed by atoms with Crippen molar-refractivity contribution in [1.29, 1.82) is 0 Å². The van der Waals surface area contributed by atoms with Crippen LogP contribution in [0, 0.1) is 5.82 Å². The number of halogens is 1. The Kier molecular flexibility index (Phi) is 4.76. The molecule has 1 heterocycles. The Morgan fingerprint density at radius 1 is 1.13 bits per heavy atom. The van der Waals surface area contributed by atoms with Crippen molar-refractivity contribution in [3.05, 3.63) is 65.5 Å². The van der Waals surface area contributed by atoms with E-state index in [0.717, 1.165) is 13.0 Å². The molecule has 0 saturated heterocycles. The lowest BCUT2D eigenvalue weighted by atomic mass is 10.0. The normalized spacial score (nSPS) is 13.3. The Morgan fingerprint density at radius 3 is 2.65 bits per heavy atom. The van der Waals surface area contributed by atoms with Crippen LogP contribution in [0.2, 0.25) is 0 Å². The fraction of sp³-hybridized carbons (Fsp3) is 0.278. The lowest BCUT2D eigenvalue weighted by Crippen LogP contribution is -2.43. The zero-order valence-corrected chi connectivity index (χ0v) is 12.8. The molecule has 0 bridgehead atoms. The molecule has 0 radical (unpaired) electrons. The Balaban J connectivity index is 1.42. The maximum absolute atomic E-state index is 12.8. The second kappa shape index (κ2) is 7.13. The highest BCUT2D eigenvalue weighted by Gasteiger charge is 2.19. The van der Waals surface area contributed by atoms with E-state index in [0.29, 0.717) is 25.4 Å². The van der Waals surface area contributed by atoms with E-state index < -0.39 is 0 Å². The minimum Gasteiger partial charge on any atom is -0.492 e. The molecule has 1 aliphatic heterocycles. The van der Waals surface area contributed by atoms with Crippen molar-refractivity contribution in [3.63, 3.8) is 0 Å². The largest absolute Gasteiger partial charge is 0.492 e. The second-order valence-electron chi connectivity index (χ2n) is 5.47. The van der Waals surface area contributed by atoms with Gasteiger partial charge < -0.3 is 15.0 Å². The highest BCUT2D eigenvalue weighted by atomic mass is 19.1. The average molecular weight is 314 g/mol. The summed E-state index contributed by atoms with van der Waals surface area (Å²) in [6.45, 7) is 2.12. The van der Waals surface area contributed by atoms with E-state index in [-0.39, 0.29) is 11.8 Å². The standard InChI is InChI=1S/C18H19FN2O2/c19-16-5-7-17(8-6-16)23-12-10-20-18(22)21-11-9-14-3-1-2-4-15(14)13-21/h1-8H,9-13H2,(H,20,22). The number of benzene rings is 2. The van der Waals surface area contributed by atoms with Gasteiger partial charge in [-0.25, -0.2) is 9.18 Å². The topological polar surface area (TPSA) is 41.6 Å². The number of carbonyl (C=O) groups excluding carboxylic acids is 1. The molecular weight excluding hydrogens is 295 g/mol. The number of ether oxygens (including phenoxy) is 1. The lowest BCUT2D eigenvalue weighted by molar-refractivity contribution is 0.189. The summed E-state index contributed by atoms with van der Waals surface area (Å²) in [5, 5.41) is 2.85. The minimum absolute atomic E-state index is 0.0813. The van der Waals surface area contributed by atoms with Crippen LogP contribution in [-0.4, -0.2) is 30.6 Å². The van der Waals surface area contributed by atoms with Crippen molar-refractivity contribution in [2.75, 3.05) is 19.7 Å². The molecular formula is C18H19FN2O2. The summed E-state index contributed by atoms with van der Waals surface area (Å²) in [5.41, 5.74) is 2.52. The third-order valence-electron chi connectivity index (χ3n) is 3.88. The molecule has 0 fully saturated rings. The molecule has 0 aliphatic carbocycles. The smallest absolute Gasteiger partial charge is 0.317 e. The summed E-state index contributed by atoms with van der Waals surface area (Å²) < 4.78 is 18.2. The van der Waals surface area contributed by atoms with Gasteiger partial charge in [0.2, 0.25) is 0 Å². The second-order valence-corrected chi connectivity index (χ2v) is 5.47. The fourth-order valence-corrected chi connectivity index (χ4v) is 2.64. The van der Waals surface area contributed by atoms with Gasteiger partial charge in [-0.2, -0.15) is 0 Å². The molecule has 2 aromatic carbocycles. The van der Waals surface area contributed by atoms with Crippen molar-refractivity contribution in [3.8, 4) is 5.75 Å². The molecule has 1 aliphatic rings. The third kappa shape index (κ3) is 4.00. The number of urea groups is 1. The Bertz CT molecular complexity index is 673. The number of hydrogen-bond acceptors (Lipinski definition) is 2. The molecule has 0 aromatic heterocycles. The van der Waals surface area contributed by atoms with Crippen LogP contribution in [0.1, 0.15) is 11.1 Å². The Hall–Kier alpha value is -2.56. The van der Waals surface area contributed by atoms with E-state index in [1.54, 1.807) is 17.0 Å². The van der Waals surface area contributed by atoms with E-state index in [9.17, 15) is 9.18 Å². The van der Waals surface area contributed by atoms with E-state index in [1.165, 1.54) is 23.3 Å². The van der Waals surface area contributed by atoms with E-state index in [2.05, 4.69) is 17.4 Å². The van der Waals surface area contributed by atoms with Gasteiger partial charge in [0, 0.05) is 13.1 Å². The van der Waals surface area contributed by atoms with Crippen LogP contribution < -0.4 is 10.1 Å². The third-order valence-corrected chi connectivity index (χ3v) is 3.88. The summed E-state index contributed by atoms with van der Waals surface area (Å²) in [5.74, 6) is 0.295. The SMILES string of the molecule is O=C(NCCOc1ccc(F)cc1)N1CCc2ccccc2C1. The summed E-state index contributed by atoms with van der Waals surface area (Å²) in [6.07, 6.45) is 0.885. The van der Waals surface area contributed by atoms with Crippen molar-refractivity contribution < 1.29 is 13.9 Å². The van der Waals surface area contributed by atoms with Gasteiger partial charge in [-0.15, -0.1) is 0 Å². The molecule has 4 nitrogen and oxygen atoms in total. The first-order valence-corrected chi connectivity index (χ1v) is 7.70. The molecule has 2 amide bonds. The van der Waals surface area contributed by atoms with Crippen molar-refractivity contribution in [2.24, 2.45) is 0 Å². The summed E-state index contributed by atoms with van der Waals surface area (Å²) in [7, 11) is 0. The maximum Gasteiger partial charge on any atom is 0.317 e. The molecule has 0 atom stereocenters. The summed E-state index contributed by atoms with van der Waals surface area (Å²) in [4.78, 5) is 14.0. The number of hydrogen-bond donors (Lipinski definition) is 1. The number of nitrogens with one attached hydrogen (secondary N) is 1. The molecule has 0 saturated carbocycles. The van der Waals surface area contributed by atoms with Gasteiger partial charge in [-0.1, -0.05) is 24.3 Å². The van der Waals surface area contributed by atoms with Gasteiger partial charge in [0.25, 0.3) is 0 Å². The predicted octanol–water partition coefficient (Wildman–Crippen LogP) is 2.97. The average Bonchev–Trinajstić information content (AvgIpc) is 2.59. The zero-order chi connectivity index (χ0) is 16.1. The van der Waals surface area contributed by atoms with Crippen LogP contribution in [0.5, 0.6) is 5.75 Å². The monoisotopic (exact) mass is 314 g/mol. The first-order valence-electron chi connectivity index (χ1n) is 7.70. The lowest BCUT2D eigenvalue weighted by Gasteiger charge is -2.28. The maximum atomic E-state index is 12.8. The van der Waals surface area contributed by atoms with Crippen molar-refractivity contribution >= 4 is 6.03 Å². The highest BCUT2D eigenvalue weighted by Crippen LogP contribution is 2.18. The summed E-state index contributed by atoms with van der Waals surface area (Å²) in [6, 6.07) is 13.9. The van der Waals surface area contributed by atoms with Crippen LogP contribution in [0.25, 0.3) is 0 Å². The number of carbonyl (C=O) groups is 1. The zero-order valence-electron chi connectivity index (χ0n) is 12.8. The van der Waals surface area contributed by atoms with Crippen LogP contribution in [0.15, 0.2) is 48.5 Å². The Morgan fingerprint density at radius 2 is 1.87 bits per heavy atom. The van der Waals surface area contributed by atoms with Crippen LogP contribution >= 0.6 is 0 Å². The fourth-order valence-electron chi connectivity index (χ4n) is 2.64. The van der Waals surface area contributed by atoms with Gasteiger partial charge in [0.1, 0.15) is 18.2 Å². The molecule has 2 aromatic rings. The highest BCUT2D eigenvalue weighted by molar-refractivity contribution is 5.74. The Labute approximate surface area is 134 Å². The molecule has 120 valence electrons. The van der Waals surface area contributed by atoms with Crippen LogP contribution in [0.4, 0.5) is 9.18 Å². The molecule has 5 heteroatoms. The van der Waals surface area contributed by atoms with Gasteiger partial charge in [0.05, 0.1) is 6.54 Å². The van der Waals surface area contributed by atoms with Crippen LogP contribution in [0.3, 0.4) is 0 Å². The first kappa shape index (κ1) is 15.3.